The summed E-state index contributed by atoms with van der Waals surface area (Å²) in [4.78, 5) is 0. The maximum atomic E-state index is 5.75. The second-order valence-electron chi connectivity index (χ2n) is 4.07. The summed E-state index contributed by atoms with van der Waals surface area (Å²) in [5.41, 5.74) is 1.25. The van der Waals surface area contributed by atoms with Gasteiger partial charge in [0.05, 0.1) is 12.8 Å². The minimum absolute atomic E-state index is 0.664. The number of rotatable bonds is 7. The quantitative estimate of drug-likeness (QED) is 0.761. The summed E-state index contributed by atoms with van der Waals surface area (Å²) in [7, 11) is 0. The second kappa shape index (κ2) is 6.87. The lowest BCUT2D eigenvalue weighted by molar-refractivity contribution is 0.308. The van der Waals surface area contributed by atoms with Crippen LogP contribution in [0.3, 0.4) is 0 Å². The first-order valence-electron chi connectivity index (χ1n) is 6.34. The Bertz CT molecular complexity index is 451. The van der Waals surface area contributed by atoms with E-state index in [-0.39, 0.29) is 0 Å². The smallest absolute Gasteiger partial charge is 0.122 e. The normalized spacial score (nSPS) is 10.5. The van der Waals surface area contributed by atoms with E-state index in [1.54, 1.807) is 6.26 Å². The van der Waals surface area contributed by atoms with Gasteiger partial charge in [0, 0.05) is 6.54 Å². The highest BCUT2D eigenvalue weighted by Gasteiger charge is 2.00. The van der Waals surface area contributed by atoms with E-state index in [0.29, 0.717) is 6.61 Å². The first kappa shape index (κ1) is 12.7. The fourth-order valence-electron chi connectivity index (χ4n) is 1.79. The average molecular weight is 245 g/mol. The number of aryl methyl sites for hydroxylation is 1. The van der Waals surface area contributed by atoms with Gasteiger partial charge in [0.2, 0.25) is 0 Å². The second-order valence-corrected chi connectivity index (χ2v) is 4.07. The molecule has 18 heavy (non-hydrogen) atoms. The lowest BCUT2D eigenvalue weighted by atomic mass is 10.1. The largest absolute Gasteiger partial charge is 0.492 e. The molecule has 0 aliphatic rings. The van der Waals surface area contributed by atoms with Gasteiger partial charge in [-0.2, -0.15) is 0 Å². The van der Waals surface area contributed by atoms with Gasteiger partial charge >= 0.3 is 0 Å². The Balaban J connectivity index is 1.69. The van der Waals surface area contributed by atoms with Crippen LogP contribution in [0.4, 0.5) is 0 Å². The molecule has 1 aromatic carbocycles. The first-order chi connectivity index (χ1) is 8.90. The Kier molecular flexibility index (Phi) is 4.85. The predicted molar refractivity (Wildman–Crippen MR) is 71.7 cm³/mol. The van der Waals surface area contributed by atoms with Gasteiger partial charge in [-0.15, -0.1) is 0 Å². The molecule has 1 heterocycles. The monoisotopic (exact) mass is 245 g/mol. The third-order valence-electron chi connectivity index (χ3n) is 2.77. The van der Waals surface area contributed by atoms with Crippen LogP contribution in [0, 0.1) is 0 Å². The summed E-state index contributed by atoms with van der Waals surface area (Å²) in [6.07, 6.45) is 2.68. The van der Waals surface area contributed by atoms with Crippen molar-refractivity contribution in [3.63, 3.8) is 0 Å². The molecule has 1 aromatic heterocycles. The number of hydrogen-bond acceptors (Lipinski definition) is 3. The van der Waals surface area contributed by atoms with E-state index in [0.717, 1.165) is 31.0 Å². The van der Waals surface area contributed by atoms with E-state index in [1.807, 2.05) is 30.3 Å². The van der Waals surface area contributed by atoms with Gasteiger partial charge in [-0.05, 0) is 30.2 Å². The zero-order chi connectivity index (χ0) is 12.6. The zero-order valence-electron chi connectivity index (χ0n) is 10.7. The molecule has 0 aliphatic heterocycles. The topological polar surface area (TPSA) is 34.4 Å². The van der Waals surface area contributed by atoms with Crippen molar-refractivity contribution < 1.29 is 9.15 Å². The van der Waals surface area contributed by atoms with Crippen molar-refractivity contribution in [3.05, 3.63) is 54.0 Å². The summed E-state index contributed by atoms with van der Waals surface area (Å²) >= 11 is 0. The molecule has 0 amide bonds. The Labute approximate surface area is 108 Å². The molecule has 2 rings (SSSR count). The number of hydrogen-bond donors (Lipinski definition) is 1. The first-order valence-corrected chi connectivity index (χ1v) is 6.34. The highest BCUT2D eigenvalue weighted by atomic mass is 16.5. The van der Waals surface area contributed by atoms with Crippen molar-refractivity contribution in [2.24, 2.45) is 0 Å². The van der Waals surface area contributed by atoms with Crippen molar-refractivity contribution in [1.29, 1.82) is 0 Å². The highest BCUT2D eigenvalue weighted by molar-refractivity contribution is 5.33. The van der Waals surface area contributed by atoms with Crippen LogP contribution >= 0.6 is 0 Å². The molecular weight excluding hydrogens is 226 g/mol. The summed E-state index contributed by atoms with van der Waals surface area (Å²) in [5, 5.41) is 3.28. The maximum Gasteiger partial charge on any atom is 0.122 e. The van der Waals surface area contributed by atoms with Crippen LogP contribution in [0.15, 0.2) is 47.1 Å². The maximum absolute atomic E-state index is 5.75. The molecule has 0 spiro atoms. The summed E-state index contributed by atoms with van der Waals surface area (Å²) < 4.78 is 11.0. The minimum atomic E-state index is 0.664. The lowest BCUT2D eigenvalue weighted by Crippen LogP contribution is -2.20. The number of ether oxygens (including phenoxy) is 1. The molecule has 0 saturated heterocycles. The van der Waals surface area contributed by atoms with Crippen LogP contribution in [0.5, 0.6) is 5.75 Å². The average Bonchev–Trinajstić information content (AvgIpc) is 2.92. The van der Waals surface area contributed by atoms with Crippen LogP contribution in [-0.4, -0.2) is 13.2 Å². The summed E-state index contributed by atoms with van der Waals surface area (Å²) in [5.74, 6) is 1.93. The fourth-order valence-corrected chi connectivity index (χ4v) is 1.79. The third-order valence-corrected chi connectivity index (χ3v) is 2.77. The number of benzene rings is 1. The van der Waals surface area contributed by atoms with Crippen LogP contribution in [0.25, 0.3) is 0 Å². The molecule has 0 bridgehead atoms. The van der Waals surface area contributed by atoms with Gasteiger partial charge < -0.3 is 14.5 Å². The van der Waals surface area contributed by atoms with Crippen molar-refractivity contribution >= 4 is 0 Å². The molecule has 0 fully saturated rings. The molecule has 2 aromatic rings. The van der Waals surface area contributed by atoms with Crippen LogP contribution in [0.2, 0.25) is 0 Å². The number of furan rings is 1. The van der Waals surface area contributed by atoms with Gasteiger partial charge in [0.1, 0.15) is 18.1 Å². The standard InChI is InChI=1S/C15H19NO2/c1-2-13-6-3-4-8-15(13)18-11-9-16-12-14-7-5-10-17-14/h3-8,10,16H,2,9,11-12H2,1H3. The molecule has 0 unspecified atom stereocenters. The molecule has 1 N–H and O–H groups in total. The van der Waals surface area contributed by atoms with E-state index in [9.17, 15) is 0 Å². The van der Waals surface area contributed by atoms with Crippen LogP contribution in [-0.2, 0) is 13.0 Å². The molecule has 3 heteroatoms. The fraction of sp³-hybridized carbons (Fsp3) is 0.333. The Hall–Kier alpha value is -1.74. The van der Waals surface area contributed by atoms with Crippen molar-refractivity contribution in [1.82, 2.24) is 5.32 Å². The zero-order valence-corrected chi connectivity index (χ0v) is 10.7. The number of nitrogens with one attached hydrogen (secondary N) is 1. The van der Waals surface area contributed by atoms with Crippen molar-refractivity contribution in [2.45, 2.75) is 19.9 Å². The molecular formula is C15H19NO2. The van der Waals surface area contributed by atoms with Gasteiger partial charge in [0.15, 0.2) is 0 Å². The molecule has 96 valence electrons. The lowest BCUT2D eigenvalue weighted by Gasteiger charge is -2.10. The molecule has 0 saturated carbocycles. The van der Waals surface area contributed by atoms with Gasteiger partial charge in [-0.1, -0.05) is 25.1 Å². The summed E-state index contributed by atoms with van der Waals surface area (Å²) in [6, 6.07) is 12.0. The predicted octanol–water partition coefficient (Wildman–Crippen LogP) is 3.01. The van der Waals surface area contributed by atoms with Crippen molar-refractivity contribution in [3.8, 4) is 5.75 Å². The molecule has 0 aliphatic carbocycles. The van der Waals surface area contributed by atoms with Crippen molar-refractivity contribution in [2.75, 3.05) is 13.2 Å². The molecule has 0 radical (unpaired) electrons. The third kappa shape index (κ3) is 3.64. The van der Waals surface area contributed by atoms with Crippen LogP contribution in [0.1, 0.15) is 18.2 Å². The van der Waals surface area contributed by atoms with Gasteiger partial charge in [-0.3, -0.25) is 0 Å². The van der Waals surface area contributed by atoms with E-state index in [1.165, 1.54) is 5.56 Å². The minimum Gasteiger partial charge on any atom is -0.492 e. The molecule has 0 atom stereocenters. The number of para-hydroxylation sites is 1. The van der Waals surface area contributed by atoms with Gasteiger partial charge in [-0.25, -0.2) is 0 Å². The van der Waals surface area contributed by atoms with E-state index in [4.69, 9.17) is 9.15 Å². The Morgan fingerprint density at radius 2 is 2.06 bits per heavy atom. The van der Waals surface area contributed by atoms with E-state index in [2.05, 4.69) is 18.3 Å². The van der Waals surface area contributed by atoms with E-state index >= 15 is 0 Å². The van der Waals surface area contributed by atoms with E-state index < -0.39 is 0 Å². The molecule has 3 nitrogen and oxygen atoms in total. The Morgan fingerprint density at radius 1 is 1.17 bits per heavy atom. The van der Waals surface area contributed by atoms with Crippen LogP contribution < -0.4 is 10.1 Å². The highest BCUT2D eigenvalue weighted by Crippen LogP contribution is 2.17. The van der Waals surface area contributed by atoms with Gasteiger partial charge in [0.25, 0.3) is 0 Å². The SMILES string of the molecule is CCc1ccccc1OCCNCc1ccco1. The summed E-state index contributed by atoms with van der Waals surface area (Å²) in [6.45, 7) is 4.35. The Morgan fingerprint density at radius 3 is 2.83 bits per heavy atom.